The first-order valence-electron chi connectivity index (χ1n) is 6.89. The van der Waals surface area contributed by atoms with Gasteiger partial charge >= 0.3 is 0 Å². The van der Waals surface area contributed by atoms with Gasteiger partial charge in [0.25, 0.3) is 0 Å². The number of aromatic nitrogens is 2. The van der Waals surface area contributed by atoms with E-state index in [2.05, 4.69) is 29.5 Å². The number of rotatable bonds is 6. The van der Waals surface area contributed by atoms with Crippen LogP contribution < -0.4 is 5.32 Å². The summed E-state index contributed by atoms with van der Waals surface area (Å²) in [6.45, 7) is 7.20. The summed E-state index contributed by atoms with van der Waals surface area (Å²) >= 11 is 0. The van der Waals surface area contributed by atoms with E-state index < -0.39 is 0 Å². The molecular formula is C15H23N3O. The zero-order valence-corrected chi connectivity index (χ0v) is 12.2. The van der Waals surface area contributed by atoms with Gasteiger partial charge in [-0.15, -0.1) is 0 Å². The molecule has 0 saturated carbocycles. The Balaban J connectivity index is 2.18. The van der Waals surface area contributed by atoms with E-state index in [1.165, 1.54) is 5.56 Å². The molecule has 19 heavy (non-hydrogen) atoms. The Bertz CT molecular complexity index is 527. The van der Waals surface area contributed by atoms with Gasteiger partial charge in [-0.1, -0.05) is 6.92 Å². The molecule has 4 nitrogen and oxygen atoms in total. The lowest BCUT2D eigenvalue weighted by Gasteiger charge is -2.17. The Morgan fingerprint density at radius 3 is 2.74 bits per heavy atom. The van der Waals surface area contributed by atoms with Gasteiger partial charge in [0.05, 0.1) is 5.69 Å². The van der Waals surface area contributed by atoms with Crippen molar-refractivity contribution in [2.75, 3.05) is 6.54 Å². The molecule has 0 aliphatic carbocycles. The quantitative estimate of drug-likeness (QED) is 0.869. The van der Waals surface area contributed by atoms with Crippen LogP contribution in [0.1, 0.15) is 42.2 Å². The van der Waals surface area contributed by atoms with Gasteiger partial charge in [0, 0.05) is 31.3 Å². The molecule has 0 bridgehead atoms. The second-order valence-electron chi connectivity index (χ2n) is 5.06. The van der Waals surface area contributed by atoms with E-state index in [1.807, 2.05) is 31.8 Å². The summed E-state index contributed by atoms with van der Waals surface area (Å²) in [5.41, 5.74) is 2.35. The maximum Gasteiger partial charge on any atom is 0.105 e. The van der Waals surface area contributed by atoms with Gasteiger partial charge in [0.15, 0.2) is 0 Å². The van der Waals surface area contributed by atoms with E-state index in [0.29, 0.717) is 0 Å². The van der Waals surface area contributed by atoms with Crippen LogP contribution in [0.3, 0.4) is 0 Å². The minimum Gasteiger partial charge on any atom is -0.466 e. The number of hydrogen-bond acceptors (Lipinski definition) is 3. The van der Waals surface area contributed by atoms with Crippen LogP contribution in [0.15, 0.2) is 22.7 Å². The van der Waals surface area contributed by atoms with Gasteiger partial charge in [0.1, 0.15) is 11.5 Å². The molecule has 0 aliphatic heterocycles. The minimum absolute atomic E-state index is 0.271. The third-order valence-electron chi connectivity index (χ3n) is 3.28. The van der Waals surface area contributed by atoms with Crippen molar-refractivity contribution in [3.05, 3.63) is 41.1 Å². The highest BCUT2D eigenvalue weighted by Crippen LogP contribution is 2.24. The Kier molecular flexibility index (Phi) is 4.43. The molecular weight excluding hydrogens is 238 g/mol. The number of nitrogens with one attached hydrogen (secondary N) is 1. The second-order valence-corrected chi connectivity index (χ2v) is 5.06. The van der Waals surface area contributed by atoms with Crippen LogP contribution in [-0.2, 0) is 13.5 Å². The molecule has 4 heteroatoms. The van der Waals surface area contributed by atoms with Crippen LogP contribution in [0.5, 0.6) is 0 Å². The Labute approximate surface area is 114 Å². The summed E-state index contributed by atoms with van der Waals surface area (Å²) in [5, 5.41) is 8.05. The van der Waals surface area contributed by atoms with Crippen molar-refractivity contribution < 1.29 is 4.42 Å². The largest absolute Gasteiger partial charge is 0.466 e. The molecule has 0 radical (unpaired) electrons. The fourth-order valence-electron chi connectivity index (χ4n) is 2.39. The lowest BCUT2D eigenvalue weighted by molar-refractivity contribution is 0.478. The van der Waals surface area contributed by atoms with Crippen LogP contribution in [0.25, 0.3) is 0 Å². The lowest BCUT2D eigenvalue weighted by atomic mass is 10.0. The highest BCUT2D eigenvalue weighted by molar-refractivity contribution is 5.25. The number of aryl methyl sites for hydroxylation is 3. The first kappa shape index (κ1) is 13.9. The van der Waals surface area contributed by atoms with Gasteiger partial charge in [0.2, 0.25) is 0 Å². The van der Waals surface area contributed by atoms with Crippen LogP contribution >= 0.6 is 0 Å². The Hall–Kier alpha value is -1.55. The van der Waals surface area contributed by atoms with Crippen molar-refractivity contribution in [2.24, 2.45) is 7.05 Å². The van der Waals surface area contributed by atoms with Crippen LogP contribution in [0, 0.1) is 13.8 Å². The predicted molar refractivity (Wildman–Crippen MR) is 76.1 cm³/mol. The maximum absolute atomic E-state index is 5.65. The number of furan rings is 1. The molecule has 0 aromatic carbocycles. The van der Waals surface area contributed by atoms with Crippen molar-refractivity contribution in [1.82, 2.24) is 15.1 Å². The predicted octanol–water partition coefficient (Wildman–Crippen LogP) is 2.91. The minimum atomic E-state index is 0.271. The molecule has 2 rings (SSSR count). The van der Waals surface area contributed by atoms with Crippen molar-refractivity contribution in [1.29, 1.82) is 0 Å². The highest BCUT2D eigenvalue weighted by atomic mass is 16.3. The third kappa shape index (κ3) is 3.47. The summed E-state index contributed by atoms with van der Waals surface area (Å²) in [4.78, 5) is 0. The van der Waals surface area contributed by atoms with E-state index in [1.54, 1.807) is 0 Å². The Morgan fingerprint density at radius 2 is 2.21 bits per heavy atom. The van der Waals surface area contributed by atoms with Crippen molar-refractivity contribution in [2.45, 2.75) is 39.7 Å². The zero-order chi connectivity index (χ0) is 13.8. The molecule has 2 aromatic rings. The monoisotopic (exact) mass is 261 g/mol. The molecule has 0 aliphatic rings. The van der Waals surface area contributed by atoms with Gasteiger partial charge in [-0.05, 0) is 38.9 Å². The fourth-order valence-corrected chi connectivity index (χ4v) is 2.39. The second kappa shape index (κ2) is 6.06. The highest BCUT2D eigenvalue weighted by Gasteiger charge is 2.18. The zero-order valence-electron chi connectivity index (χ0n) is 12.2. The van der Waals surface area contributed by atoms with Crippen molar-refractivity contribution >= 4 is 0 Å². The molecule has 0 saturated heterocycles. The molecule has 0 amide bonds. The van der Waals surface area contributed by atoms with E-state index in [4.69, 9.17) is 4.42 Å². The lowest BCUT2D eigenvalue weighted by Crippen LogP contribution is -2.24. The third-order valence-corrected chi connectivity index (χ3v) is 3.28. The first-order chi connectivity index (χ1) is 9.10. The normalized spacial score (nSPS) is 12.8. The molecule has 1 atom stereocenters. The van der Waals surface area contributed by atoms with E-state index in [9.17, 15) is 0 Å². The maximum atomic E-state index is 5.65. The summed E-state index contributed by atoms with van der Waals surface area (Å²) in [6.07, 6.45) is 3.99. The van der Waals surface area contributed by atoms with Gasteiger partial charge in [-0.2, -0.15) is 5.10 Å². The van der Waals surface area contributed by atoms with Crippen molar-refractivity contribution in [3.8, 4) is 0 Å². The standard InChI is InChI=1S/C15H23N3O/c1-5-7-16-15(10-13-6-8-18(4)17-13)14-9-11(2)19-12(14)3/h6,8-9,15-16H,5,7,10H2,1-4H3. The average molecular weight is 261 g/mol. The number of nitrogens with zero attached hydrogens (tertiary/aromatic N) is 2. The van der Waals surface area contributed by atoms with E-state index in [-0.39, 0.29) is 6.04 Å². The van der Waals surface area contributed by atoms with Gasteiger partial charge in [-0.25, -0.2) is 0 Å². The average Bonchev–Trinajstić information content (AvgIpc) is 2.91. The Morgan fingerprint density at radius 1 is 1.42 bits per heavy atom. The summed E-state index contributed by atoms with van der Waals surface area (Å²) in [5.74, 6) is 1.97. The molecule has 104 valence electrons. The summed E-state index contributed by atoms with van der Waals surface area (Å²) in [7, 11) is 1.95. The molecule has 0 spiro atoms. The van der Waals surface area contributed by atoms with E-state index in [0.717, 1.165) is 36.6 Å². The smallest absolute Gasteiger partial charge is 0.105 e. The topological polar surface area (TPSA) is 43.0 Å². The van der Waals surface area contributed by atoms with Crippen molar-refractivity contribution in [3.63, 3.8) is 0 Å². The fraction of sp³-hybridized carbons (Fsp3) is 0.533. The van der Waals surface area contributed by atoms with Crippen LogP contribution in [0.4, 0.5) is 0 Å². The molecule has 0 fully saturated rings. The van der Waals surface area contributed by atoms with Crippen LogP contribution in [-0.4, -0.2) is 16.3 Å². The summed E-state index contributed by atoms with van der Waals surface area (Å²) in [6, 6.07) is 4.47. The van der Waals surface area contributed by atoms with E-state index >= 15 is 0 Å². The summed E-state index contributed by atoms with van der Waals surface area (Å²) < 4.78 is 7.50. The van der Waals surface area contributed by atoms with Crippen LogP contribution in [0.2, 0.25) is 0 Å². The van der Waals surface area contributed by atoms with Gasteiger partial charge < -0.3 is 9.73 Å². The molecule has 1 unspecified atom stereocenters. The molecule has 1 N–H and O–H groups in total. The molecule has 2 heterocycles. The SMILES string of the molecule is CCCNC(Cc1ccn(C)n1)c1cc(C)oc1C. The number of hydrogen-bond donors (Lipinski definition) is 1. The van der Waals surface area contributed by atoms with Gasteiger partial charge in [-0.3, -0.25) is 4.68 Å². The first-order valence-corrected chi connectivity index (χ1v) is 6.89. The molecule has 2 aromatic heterocycles.